The minimum atomic E-state index is -0.825. The van der Waals surface area contributed by atoms with Crippen molar-refractivity contribution in [2.45, 2.75) is 39.5 Å². The Hall–Kier alpha value is -2.57. The lowest BCUT2D eigenvalue weighted by molar-refractivity contribution is -0.137. The lowest BCUT2D eigenvalue weighted by Crippen LogP contribution is -2.25. The van der Waals surface area contributed by atoms with Crippen LogP contribution in [0, 0.1) is 19.7 Å². The van der Waals surface area contributed by atoms with Gasteiger partial charge in [-0.15, -0.1) is 0 Å². The number of halogens is 1. The quantitative estimate of drug-likeness (QED) is 0.760. The van der Waals surface area contributed by atoms with Crippen LogP contribution in [0.4, 0.5) is 4.39 Å². The van der Waals surface area contributed by atoms with Crippen molar-refractivity contribution in [3.8, 4) is 0 Å². The number of aromatic nitrogens is 2. The van der Waals surface area contributed by atoms with Crippen molar-refractivity contribution in [1.82, 2.24) is 15.3 Å². The van der Waals surface area contributed by atoms with E-state index in [1.54, 1.807) is 13.8 Å². The molecule has 0 aliphatic heterocycles. The Morgan fingerprint density at radius 1 is 1.12 bits per heavy atom. The molecular weight excluding hydrogens is 313 g/mol. The van der Waals surface area contributed by atoms with Gasteiger partial charge in [0.25, 0.3) is 5.91 Å². The number of nitrogens with one attached hydrogen (secondary N) is 1. The van der Waals surface area contributed by atoms with Crippen molar-refractivity contribution >= 4 is 22.9 Å². The highest BCUT2D eigenvalue weighted by Crippen LogP contribution is 2.19. The van der Waals surface area contributed by atoms with Gasteiger partial charge in [0, 0.05) is 19.0 Å². The van der Waals surface area contributed by atoms with E-state index in [1.165, 1.54) is 6.07 Å². The van der Waals surface area contributed by atoms with Gasteiger partial charge in [-0.25, -0.2) is 14.4 Å². The molecule has 24 heavy (non-hydrogen) atoms. The standard InChI is InChI=1S/C17H20FN3O3/c1-10-11(2)21-16-13(8-12(18)9-14(16)20-10)17(24)19-7-5-3-4-6-15(22)23/h8-9H,3-7H2,1-2H3,(H,19,24)(H,22,23). The van der Waals surface area contributed by atoms with Crippen LogP contribution >= 0.6 is 0 Å². The smallest absolute Gasteiger partial charge is 0.303 e. The number of fused-ring (bicyclic) bond motifs is 1. The number of carbonyl (C=O) groups is 2. The fourth-order valence-corrected chi connectivity index (χ4v) is 2.35. The van der Waals surface area contributed by atoms with E-state index in [0.29, 0.717) is 48.2 Å². The van der Waals surface area contributed by atoms with Crippen LogP contribution in [-0.2, 0) is 4.79 Å². The Labute approximate surface area is 139 Å². The average molecular weight is 333 g/mol. The molecule has 1 amide bonds. The average Bonchev–Trinajstić information content (AvgIpc) is 2.51. The summed E-state index contributed by atoms with van der Waals surface area (Å²) in [5, 5.41) is 11.3. The molecule has 0 spiro atoms. The fourth-order valence-electron chi connectivity index (χ4n) is 2.35. The first-order chi connectivity index (χ1) is 11.4. The molecule has 1 heterocycles. The number of amides is 1. The Balaban J connectivity index is 2.06. The van der Waals surface area contributed by atoms with Crippen LogP contribution in [0.25, 0.3) is 11.0 Å². The number of benzene rings is 1. The minimum Gasteiger partial charge on any atom is -0.481 e. The van der Waals surface area contributed by atoms with E-state index in [4.69, 9.17) is 5.11 Å². The zero-order chi connectivity index (χ0) is 17.7. The van der Waals surface area contributed by atoms with E-state index in [1.807, 2.05) is 0 Å². The van der Waals surface area contributed by atoms with E-state index in [2.05, 4.69) is 15.3 Å². The second kappa shape index (κ2) is 7.81. The Morgan fingerprint density at radius 3 is 2.54 bits per heavy atom. The molecule has 0 saturated heterocycles. The number of rotatable bonds is 7. The monoisotopic (exact) mass is 333 g/mol. The fraction of sp³-hybridized carbons (Fsp3) is 0.412. The molecule has 6 nitrogen and oxygen atoms in total. The molecule has 2 N–H and O–H groups in total. The molecule has 7 heteroatoms. The number of hydrogen-bond donors (Lipinski definition) is 2. The van der Waals surface area contributed by atoms with Crippen LogP contribution in [0.5, 0.6) is 0 Å². The summed E-state index contributed by atoms with van der Waals surface area (Å²) in [5.41, 5.74) is 2.27. The van der Waals surface area contributed by atoms with Gasteiger partial charge in [-0.2, -0.15) is 0 Å². The summed E-state index contributed by atoms with van der Waals surface area (Å²) >= 11 is 0. The van der Waals surface area contributed by atoms with Crippen molar-refractivity contribution < 1.29 is 19.1 Å². The molecule has 0 unspecified atom stereocenters. The molecule has 128 valence electrons. The minimum absolute atomic E-state index is 0.122. The van der Waals surface area contributed by atoms with Crippen LogP contribution in [-0.4, -0.2) is 33.5 Å². The van der Waals surface area contributed by atoms with Crippen LogP contribution in [0.1, 0.15) is 47.4 Å². The van der Waals surface area contributed by atoms with Crippen LogP contribution in [0.2, 0.25) is 0 Å². The maximum Gasteiger partial charge on any atom is 0.303 e. The Morgan fingerprint density at radius 2 is 1.83 bits per heavy atom. The van der Waals surface area contributed by atoms with Crippen LogP contribution in [0.15, 0.2) is 12.1 Å². The number of carboxylic acids is 1. The first kappa shape index (κ1) is 17.8. The molecule has 2 aromatic rings. The molecule has 0 aliphatic carbocycles. The predicted octanol–water partition coefficient (Wildman–Crippen LogP) is 2.76. The van der Waals surface area contributed by atoms with Gasteiger partial charge < -0.3 is 10.4 Å². The molecule has 0 aliphatic rings. The molecule has 0 saturated carbocycles. The molecule has 1 aromatic carbocycles. The van der Waals surface area contributed by atoms with Gasteiger partial charge in [-0.3, -0.25) is 9.59 Å². The van der Waals surface area contributed by atoms with Crippen molar-refractivity contribution in [2.24, 2.45) is 0 Å². The summed E-state index contributed by atoms with van der Waals surface area (Å²) in [7, 11) is 0. The highest BCUT2D eigenvalue weighted by atomic mass is 19.1. The molecule has 2 rings (SSSR count). The summed E-state index contributed by atoms with van der Waals surface area (Å²) in [5.74, 6) is -1.77. The topological polar surface area (TPSA) is 92.2 Å². The second-order valence-corrected chi connectivity index (χ2v) is 5.68. The van der Waals surface area contributed by atoms with E-state index in [-0.39, 0.29) is 12.0 Å². The molecule has 0 fully saturated rings. The normalized spacial score (nSPS) is 10.8. The maximum absolute atomic E-state index is 13.8. The third-order valence-electron chi connectivity index (χ3n) is 3.74. The van der Waals surface area contributed by atoms with E-state index >= 15 is 0 Å². The second-order valence-electron chi connectivity index (χ2n) is 5.68. The van der Waals surface area contributed by atoms with Crippen molar-refractivity contribution in [1.29, 1.82) is 0 Å². The molecule has 0 atom stereocenters. The van der Waals surface area contributed by atoms with Crippen molar-refractivity contribution in [3.63, 3.8) is 0 Å². The van der Waals surface area contributed by atoms with Crippen LogP contribution < -0.4 is 5.32 Å². The van der Waals surface area contributed by atoms with E-state index < -0.39 is 17.7 Å². The lowest BCUT2D eigenvalue weighted by Gasteiger charge is -2.09. The molecule has 1 aromatic heterocycles. The maximum atomic E-state index is 13.8. The summed E-state index contributed by atoms with van der Waals surface area (Å²) in [6, 6.07) is 2.42. The summed E-state index contributed by atoms with van der Waals surface area (Å²) in [6.07, 6.45) is 2.05. The number of carbonyl (C=O) groups excluding carboxylic acids is 1. The van der Waals surface area contributed by atoms with Crippen molar-refractivity contribution in [3.05, 3.63) is 34.9 Å². The third-order valence-corrected chi connectivity index (χ3v) is 3.74. The molecule has 0 radical (unpaired) electrons. The number of aliphatic carboxylic acids is 1. The largest absolute Gasteiger partial charge is 0.481 e. The zero-order valence-corrected chi connectivity index (χ0v) is 13.7. The molecular formula is C17H20FN3O3. The number of hydrogen-bond acceptors (Lipinski definition) is 4. The highest BCUT2D eigenvalue weighted by Gasteiger charge is 2.15. The number of aryl methyl sites for hydroxylation is 2. The van der Waals surface area contributed by atoms with Crippen molar-refractivity contribution in [2.75, 3.05) is 6.54 Å². The van der Waals surface area contributed by atoms with Gasteiger partial charge in [0.1, 0.15) is 11.3 Å². The van der Waals surface area contributed by atoms with Crippen LogP contribution in [0.3, 0.4) is 0 Å². The van der Waals surface area contributed by atoms with Gasteiger partial charge in [0.15, 0.2) is 0 Å². The Bertz CT molecular complexity index is 777. The third kappa shape index (κ3) is 4.47. The summed E-state index contributed by atoms with van der Waals surface area (Å²) < 4.78 is 13.8. The summed E-state index contributed by atoms with van der Waals surface area (Å²) in [6.45, 7) is 3.97. The van der Waals surface area contributed by atoms with E-state index in [9.17, 15) is 14.0 Å². The first-order valence-electron chi connectivity index (χ1n) is 7.83. The predicted molar refractivity (Wildman–Crippen MR) is 87.4 cm³/mol. The van der Waals surface area contributed by atoms with Gasteiger partial charge in [-0.1, -0.05) is 6.42 Å². The SMILES string of the molecule is Cc1nc2cc(F)cc(C(=O)NCCCCCC(=O)O)c2nc1C. The van der Waals surface area contributed by atoms with Gasteiger partial charge in [0.2, 0.25) is 0 Å². The highest BCUT2D eigenvalue weighted by molar-refractivity contribution is 6.04. The zero-order valence-electron chi connectivity index (χ0n) is 13.7. The summed E-state index contributed by atoms with van der Waals surface area (Å²) in [4.78, 5) is 31.4. The Kier molecular flexibility index (Phi) is 5.78. The number of unbranched alkanes of at least 4 members (excludes halogenated alkanes) is 2. The first-order valence-corrected chi connectivity index (χ1v) is 7.83. The lowest BCUT2D eigenvalue weighted by atomic mass is 10.1. The number of carboxylic acid groups (broad SMARTS) is 1. The van der Waals surface area contributed by atoms with Gasteiger partial charge in [0.05, 0.1) is 22.5 Å². The molecule has 0 bridgehead atoms. The van der Waals surface area contributed by atoms with Gasteiger partial charge >= 0.3 is 5.97 Å². The number of nitrogens with zero attached hydrogens (tertiary/aromatic N) is 2. The van der Waals surface area contributed by atoms with Gasteiger partial charge in [-0.05, 0) is 32.8 Å². The van der Waals surface area contributed by atoms with E-state index in [0.717, 1.165) is 6.07 Å².